The zero-order valence-electron chi connectivity index (χ0n) is 17.2. The summed E-state index contributed by atoms with van der Waals surface area (Å²) in [5, 5.41) is 4.96. The third kappa shape index (κ3) is 3.53. The maximum absolute atomic E-state index is 13.2. The summed E-state index contributed by atoms with van der Waals surface area (Å²) in [4.78, 5) is 18.2. The van der Waals surface area contributed by atoms with Gasteiger partial charge in [0.1, 0.15) is 11.9 Å². The zero-order chi connectivity index (χ0) is 22.4. The van der Waals surface area contributed by atoms with Gasteiger partial charge in [-0.05, 0) is 41.5 Å². The fourth-order valence-corrected chi connectivity index (χ4v) is 5.03. The molecule has 1 atom stereocenters. The number of para-hydroxylation sites is 1. The van der Waals surface area contributed by atoms with E-state index in [1.165, 1.54) is 15.9 Å². The van der Waals surface area contributed by atoms with Gasteiger partial charge >= 0.3 is 0 Å². The number of aromatic nitrogens is 3. The number of nitrogens with zero attached hydrogens (tertiary/aromatic N) is 3. The number of ether oxygens (including phenoxy) is 1. The number of thiazole rings is 1. The van der Waals surface area contributed by atoms with E-state index < -0.39 is 0 Å². The van der Waals surface area contributed by atoms with Crippen LogP contribution in [0.4, 0.5) is 0 Å². The van der Waals surface area contributed by atoms with Crippen LogP contribution in [0.5, 0.6) is 5.75 Å². The molecule has 0 radical (unpaired) electrons. The number of rotatable bonds is 3. The van der Waals surface area contributed by atoms with Crippen molar-refractivity contribution in [3.05, 3.63) is 115 Å². The van der Waals surface area contributed by atoms with E-state index in [2.05, 4.69) is 16.2 Å². The molecule has 0 fully saturated rings. The molecule has 5 aromatic rings. The first-order chi connectivity index (χ1) is 16.2. The number of fused-ring (bicyclic) bond motifs is 2. The molecule has 1 aliphatic heterocycles. The zero-order valence-corrected chi connectivity index (χ0v) is 18.8. The molecule has 0 amide bonds. The standard InChI is InChI=1S/C26H16ClN3O2S/c27-20-12-6-5-11-19(20)24-28-26-30(29-24)25(31)22(33-26)15-18-14-17-10-4-7-13-21(17)32-23(18)16-8-2-1-3-9-16/h1-15,23H. The van der Waals surface area contributed by atoms with E-state index in [4.69, 9.17) is 16.3 Å². The number of benzene rings is 3. The van der Waals surface area contributed by atoms with Crippen LogP contribution in [0.3, 0.4) is 0 Å². The van der Waals surface area contributed by atoms with Crippen molar-refractivity contribution in [2.45, 2.75) is 6.10 Å². The van der Waals surface area contributed by atoms with E-state index in [0.29, 0.717) is 25.9 Å². The highest BCUT2D eigenvalue weighted by Crippen LogP contribution is 2.37. The fraction of sp³-hybridized carbons (Fsp3) is 0.0385. The third-order valence-electron chi connectivity index (χ3n) is 5.49. The van der Waals surface area contributed by atoms with Gasteiger partial charge in [0.15, 0.2) is 5.82 Å². The molecule has 0 aliphatic carbocycles. The average molecular weight is 470 g/mol. The molecule has 0 spiro atoms. The first kappa shape index (κ1) is 19.9. The third-order valence-corrected chi connectivity index (χ3v) is 6.77. The molecule has 3 aromatic carbocycles. The van der Waals surface area contributed by atoms with E-state index in [0.717, 1.165) is 22.4 Å². The summed E-state index contributed by atoms with van der Waals surface area (Å²) in [7, 11) is 0. The molecule has 3 heterocycles. The van der Waals surface area contributed by atoms with Gasteiger partial charge in [0, 0.05) is 11.1 Å². The van der Waals surface area contributed by atoms with Gasteiger partial charge in [-0.25, -0.2) is 0 Å². The summed E-state index contributed by atoms with van der Waals surface area (Å²) in [5.41, 5.74) is 3.37. The Balaban J connectivity index is 1.48. The largest absolute Gasteiger partial charge is 0.480 e. The van der Waals surface area contributed by atoms with Gasteiger partial charge < -0.3 is 4.74 Å². The smallest absolute Gasteiger partial charge is 0.291 e. The molecular formula is C26H16ClN3O2S. The molecule has 0 bridgehead atoms. The Hall–Kier alpha value is -3.74. The molecule has 6 rings (SSSR count). The van der Waals surface area contributed by atoms with Crippen molar-refractivity contribution < 1.29 is 4.74 Å². The Bertz CT molecular complexity index is 1640. The maximum atomic E-state index is 13.2. The van der Waals surface area contributed by atoms with Crippen molar-refractivity contribution in [2.75, 3.05) is 0 Å². The fourth-order valence-electron chi connectivity index (χ4n) is 3.90. The van der Waals surface area contributed by atoms with Crippen LogP contribution >= 0.6 is 22.9 Å². The van der Waals surface area contributed by atoms with Crippen molar-refractivity contribution in [2.24, 2.45) is 0 Å². The molecule has 1 aliphatic rings. The quantitative estimate of drug-likeness (QED) is 0.365. The van der Waals surface area contributed by atoms with Crippen LogP contribution in [0.25, 0.3) is 28.5 Å². The predicted molar refractivity (Wildman–Crippen MR) is 131 cm³/mol. The summed E-state index contributed by atoms with van der Waals surface area (Å²) in [5.74, 6) is 1.25. The van der Waals surface area contributed by atoms with Crippen molar-refractivity contribution >= 4 is 40.1 Å². The van der Waals surface area contributed by atoms with Crippen LogP contribution < -0.4 is 14.8 Å². The molecule has 0 saturated heterocycles. The lowest BCUT2D eigenvalue weighted by Crippen LogP contribution is -2.25. The second kappa shape index (κ2) is 7.99. The molecule has 0 saturated carbocycles. The van der Waals surface area contributed by atoms with E-state index in [1.54, 1.807) is 6.07 Å². The first-order valence-corrected chi connectivity index (χ1v) is 11.6. The first-order valence-electron chi connectivity index (χ1n) is 10.4. The highest BCUT2D eigenvalue weighted by molar-refractivity contribution is 7.15. The minimum absolute atomic E-state index is 0.215. The lowest BCUT2D eigenvalue weighted by Gasteiger charge is -2.26. The molecule has 160 valence electrons. The summed E-state index contributed by atoms with van der Waals surface area (Å²) in [6.45, 7) is 0. The van der Waals surface area contributed by atoms with E-state index in [1.807, 2.05) is 78.9 Å². The number of halogens is 1. The Labute approximate surface area is 197 Å². The monoisotopic (exact) mass is 469 g/mol. The van der Waals surface area contributed by atoms with Crippen LogP contribution in [-0.2, 0) is 0 Å². The topological polar surface area (TPSA) is 56.5 Å². The second-order valence-electron chi connectivity index (χ2n) is 7.62. The van der Waals surface area contributed by atoms with Crippen molar-refractivity contribution in [1.82, 2.24) is 14.6 Å². The van der Waals surface area contributed by atoms with Gasteiger partial charge in [-0.1, -0.05) is 83.6 Å². The van der Waals surface area contributed by atoms with Crippen LogP contribution in [0, 0.1) is 0 Å². The Morgan fingerprint density at radius 2 is 1.73 bits per heavy atom. The lowest BCUT2D eigenvalue weighted by atomic mass is 9.96. The Morgan fingerprint density at radius 3 is 2.55 bits per heavy atom. The van der Waals surface area contributed by atoms with Gasteiger partial charge in [0.05, 0.1) is 9.55 Å². The van der Waals surface area contributed by atoms with Gasteiger partial charge in [0.25, 0.3) is 5.56 Å². The van der Waals surface area contributed by atoms with Crippen LogP contribution in [0.15, 0.2) is 89.2 Å². The summed E-state index contributed by atoms with van der Waals surface area (Å²) >= 11 is 7.58. The SMILES string of the molecule is O=c1c(=CC2=Cc3ccccc3OC2c2ccccc2)sc2nc(-c3ccccc3Cl)nn12. The van der Waals surface area contributed by atoms with Gasteiger partial charge in [-0.2, -0.15) is 9.50 Å². The van der Waals surface area contributed by atoms with Gasteiger partial charge in [-0.15, -0.1) is 5.10 Å². The normalized spacial score (nSPS) is 15.8. The number of hydrogen-bond donors (Lipinski definition) is 0. The molecule has 1 unspecified atom stereocenters. The highest BCUT2D eigenvalue weighted by atomic mass is 35.5. The molecule has 2 aromatic heterocycles. The summed E-state index contributed by atoms with van der Waals surface area (Å²) in [6.07, 6.45) is 3.63. The average Bonchev–Trinajstić information content (AvgIpc) is 3.38. The molecule has 5 nitrogen and oxygen atoms in total. The van der Waals surface area contributed by atoms with Crippen LogP contribution in [-0.4, -0.2) is 14.6 Å². The molecule has 0 N–H and O–H groups in total. The highest BCUT2D eigenvalue weighted by Gasteiger charge is 2.23. The van der Waals surface area contributed by atoms with Crippen molar-refractivity contribution in [3.8, 4) is 17.1 Å². The summed E-state index contributed by atoms with van der Waals surface area (Å²) in [6, 6.07) is 25.2. The van der Waals surface area contributed by atoms with E-state index >= 15 is 0 Å². The second-order valence-corrected chi connectivity index (χ2v) is 9.03. The van der Waals surface area contributed by atoms with Crippen LogP contribution in [0.1, 0.15) is 17.2 Å². The predicted octanol–water partition coefficient (Wildman–Crippen LogP) is 5.19. The van der Waals surface area contributed by atoms with Gasteiger partial charge in [0.2, 0.25) is 4.96 Å². The van der Waals surface area contributed by atoms with Gasteiger partial charge in [-0.3, -0.25) is 4.79 Å². The Kier molecular flexibility index (Phi) is 4.82. The number of hydrogen-bond acceptors (Lipinski definition) is 5. The molecular weight excluding hydrogens is 454 g/mol. The van der Waals surface area contributed by atoms with E-state index in [9.17, 15) is 4.79 Å². The maximum Gasteiger partial charge on any atom is 0.291 e. The lowest BCUT2D eigenvalue weighted by molar-refractivity contribution is 0.244. The molecule has 33 heavy (non-hydrogen) atoms. The minimum Gasteiger partial charge on any atom is -0.480 e. The van der Waals surface area contributed by atoms with Crippen LogP contribution in [0.2, 0.25) is 5.02 Å². The minimum atomic E-state index is -0.318. The Morgan fingerprint density at radius 1 is 0.970 bits per heavy atom. The molecule has 7 heteroatoms. The van der Waals surface area contributed by atoms with Crippen molar-refractivity contribution in [1.29, 1.82) is 0 Å². The van der Waals surface area contributed by atoms with E-state index in [-0.39, 0.29) is 11.7 Å². The summed E-state index contributed by atoms with van der Waals surface area (Å²) < 4.78 is 8.22. The van der Waals surface area contributed by atoms with Crippen molar-refractivity contribution in [3.63, 3.8) is 0 Å².